The lowest BCUT2D eigenvalue weighted by Crippen LogP contribution is -2.46. The van der Waals surface area contributed by atoms with Crippen molar-refractivity contribution in [3.05, 3.63) is 35.7 Å². The van der Waals surface area contributed by atoms with Crippen molar-refractivity contribution in [2.45, 2.75) is 19.5 Å². The molecule has 2 N–H and O–H groups in total. The highest BCUT2D eigenvalue weighted by atomic mass is 35.5. The van der Waals surface area contributed by atoms with Crippen molar-refractivity contribution in [2.75, 3.05) is 19.6 Å². The van der Waals surface area contributed by atoms with Crippen molar-refractivity contribution in [2.24, 2.45) is 7.05 Å². The molecule has 110 valence electrons. The number of rotatable bonds is 3. The Morgan fingerprint density at radius 3 is 2.95 bits per heavy atom. The van der Waals surface area contributed by atoms with Gasteiger partial charge in [-0.25, -0.2) is 4.98 Å². The molecule has 0 amide bonds. The van der Waals surface area contributed by atoms with Gasteiger partial charge >= 0.3 is 0 Å². The molecule has 2 aromatic heterocycles. The molecule has 3 rings (SSSR count). The Kier molecular flexibility index (Phi) is 4.80. The van der Waals surface area contributed by atoms with Gasteiger partial charge in [-0.3, -0.25) is 10.00 Å². The lowest BCUT2D eigenvalue weighted by molar-refractivity contribution is 0.144. The van der Waals surface area contributed by atoms with Gasteiger partial charge in [0.05, 0.1) is 12.2 Å². The summed E-state index contributed by atoms with van der Waals surface area (Å²) < 4.78 is 2.10. The van der Waals surface area contributed by atoms with Crippen LogP contribution < -0.4 is 5.32 Å². The quantitative estimate of drug-likeness (QED) is 0.888. The predicted octanol–water partition coefficient (Wildman–Crippen LogP) is 1.02. The smallest absolute Gasteiger partial charge is 0.127 e. The van der Waals surface area contributed by atoms with Gasteiger partial charge in [-0.15, -0.1) is 12.4 Å². The van der Waals surface area contributed by atoms with E-state index in [0.29, 0.717) is 6.04 Å². The maximum absolute atomic E-state index is 4.50. The molecule has 0 spiro atoms. The number of H-pyrrole nitrogens is 1. The van der Waals surface area contributed by atoms with Crippen molar-refractivity contribution in [3.8, 4) is 0 Å². The molecule has 0 radical (unpaired) electrons. The van der Waals surface area contributed by atoms with Gasteiger partial charge in [0, 0.05) is 56.9 Å². The Balaban J connectivity index is 0.00000147. The molecule has 6 nitrogen and oxygen atoms in total. The van der Waals surface area contributed by atoms with Crippen LogP contribution in [0.2, 0.25) is 0 Å². The van der Waals surface area contributed by atoms with E-state index in [2.05, 4.69) is 43.9 Å². The summed E-state index contributed by atoms with van der Waals surface area (Å²) in [6.07, 6.45) is 5.79. The van der Waals surface area contributed by atoms with Crippen molar-refractivity contribution in [3.63, 3.8) is 0 Å². The second-order valence-electron chi connectivity index (χ2n) is 5.11. The van der Waals surface area contributed by atoms with Gasteiger partial charge in [0.1, 0.15) is 5.82 Å². The van der Waals surface area contributed by atoms with E-state index in [1.807, 2.05) is 18.6 Å². The lowest BCUT2D eigenvalue weighted by atomic mass is 10.1. The first-order valence-corrected chi connectivity index (χ1v) is 6.66. The standard InChI is InChI=1S/C13H20N6.ClH/c1-10-11(7-16-17-10)9-19-6-3-14-8-12(19)13-15-4-5-18(13)2;/h4-5,7,12,14H,3,6,8-9H2,1-2H3,(H,16,17);1H. The molecule has 2 aromatic rings. The van der Waals surface area contributed by atoms with Gasteiger partial charge < -0.3 is 9.88 Å². The number of piperazine rings is 1. The van der Waals surface area contributed by atoms with Gasteiger partial charge in [0.25, 0.3) is 0 Å². The van der Waals surface area contributed by atoms with Crippen molar-refractivity contribution >= 4 is 12.4 Å². The van der Waals surface area contributed by atoms with Crippen LogP contribution in [0.5, 0.6) is 0 Å². The van der Waals surface area contributed by atoms with Crippen LogP contribution in [-0.4, -0.2) is 44.3 Å². The van der Waals surface area contributed by atoms with E-state index in [9.17, 15) is 0 Å². The molecular weight excluding hydrogens is 276 g/mol. The van der Waals surface area contributed by atoms with Gasteiger partial charge in [0.2, 0.25) is 0 Å². The fourth-order valence-electron chi connectivity index (χ4n) is 2.64. The summed E-state index contributed by atoms with van der Waals surface area (Å²) in [5, 5.41) is 10.6. The predicted molar refractivity (Wildman–Crippen MR) is 79.8 cm³/mol. The van der Waals surface area contributed by atoms with Gasteiger partial charge in [-0.1, -0.05) is 0 Å². The highest BCUT2D eigenvalue weighted by Crippen LogP contribution is 2.23. The average molecular weight is 297 g/mol. The van der Waals surface area contributed by atoms with Crippen molar-refractivity contribution < 1.29 is 0 Å². The normalized spacial score (nSPS) is 19.8. The van der Waals surface area contributed by atoms with E-state index in [-0.39, 0.29) is 12.4 Å². The summed E-state index contributed by atoms with van der Waals surface area (Å²) >= 11 is 0. The van der Waals surface area contributed by atoms with Crippen LogP contribution in [0.1, 0.15) is 23.1 Å². The Morgan fingerprint density at radius 2 is 2.30 bits per heavy atom. The van der Waals surface area contributed by atoms with Crippen LogP contribution >= 0.6 is 12.4 Å². The second kappa shape index (κ2) is 6.39. The van der Waals surface area contributed by atoms with Crippen LogP contribution in [0.15, 0.2) is 18.6 Å². The van der Waals surface area contributed by atoms with E-state index in [1.165, 1.54) is 5.56 Å². The van der Waals surface area contributed by atoms with Crippen LogP contribution in [-0.2, 0) is 13.6 Å². The summed E-state index contributed by atoms with van der Waals surface area (Å²) in [5.74, 6) is 1.12. The number of hydrogen-bond donors (Lipinski definition) is 2. The van der Waals surface area contributed by atoms with Gasteiger partial charge in [-0.05, 0) is 6.92 Å². The number of aryl methyl sites for hydroxylation is 2. The molecular formula is C13H21ClN6. The summed E-state index contributed by atoms with van der Waals surface area (Å²) in [6, 6.07) is 0.322. The Hall–Kier alpha value is -1.37. The zero-order chi connectivity index (χ0) is 13.2. The first-order chi connectivity index (χ1) is 9.25. The molecule has 7 heteroatoms. The summed E-state index contributed by atoms with van der Waals surface area (Å²) in [7, 11) is 2.05. The van der Waals surface area contributed by atoms with Crippen molar-refractivity contribution in [1.82, 2.24) is 30.0 Å². The number of imidazole rings is 1. The Morgan fingerprint density at radius 1 is 1.45 bits per heavy atom. The van der Waals surface area contributed by atoms with Crippen LogP contribution in [0.25, 0.3) is 0 Å². The van der Waals surface area contributed by atoms with E-state index in [0.717, 1.165) is 37.7 Å². The van der Waals surface area contributed by atoms with Gasteiger partial charge in [-0.2, -0.15) is 5.10 Å². The van der Waals surface area contributed by atoms with Crippen LogP contribution in [0.4, 0.5) is 0 Å². The summed E-state index contributed by atoms with van der Waals surface area (Å²) in [5.41, 5.74) is 2.42. The number of nitrogens with zero attached hydrogens (tertiary/aromatic N) is 4. The molecule has 1 atom stereocenters. The minimum Gasteiger partial charge on any atom is -0.337 e. The van der Waals surface area contributed by atoms with E-state index < -0.39 is 0 Å². The van der Waals surface area contributed by atoms with Crippen LogP contribution in [0, 0.1) is 6.92 Å². The molecule has 1 aliphatic heterocycles. The Bertz CT molecular complexity index is 549. The fraction of sp³-hybridized carbons (Fsp3) is 0.538. The largest absolute Gasteiger partial charge is 0.337 e. The molecule has 1 fully saturated rings. The highest BCUT2D eigenvalue weighted by molar-refractivity contribution is 5.85. The third-order valence-corrected chi connectivity index (χ3v) is 3.82. The molecule has 0 saturated carbocycles. The van der Waals surface area contributed by atoms with E-state index >= 15 is 0 Å². The summed E-state index contributed by atoms with van der Waals surface area (Å²) in [6.45, 7) is 5.99. The molecule has 3 heterocycles. The molecule has 0 bridgehead atoms. The monoisotopic (exact) mass is 296 g/mol. The summed E-state index contributed by atoms with van der Waals surface area (Å²) in [4.78, 5) is 6.97. The topological polar surface area (TPSA) is 61.8 Å². The number of aromatic nitrogens is 4. The van der Waals surface area contributed by atoms with Gasteiger partial charge in [0.15, 0.2) is 0 Å². The maximum atomic E-state index is 4.50. The second-order valence-corrected chi connectivity index (χ2v) is 5.11. The molecule has 0 aliphatic carbocycles. The molecule has 1 aliphatic rings. The van der Waals surface area contributed by atoms with E-state index in [4.69, 9.17) is 0 Å². The lowest BCUT2D eigenvalue weighted by Gasteiger charge is -2.35. The van der Waals surface area contributed by atoms with Crippen molar-refractivity contribution in [1.29, 1.82) is 0 Å². The zero-order valence-corrected chi connectivity index (χ0v) is 12.7. The SMILES string of the molecule is Cc1[nH]ncc1CN1CCNCC1c1nccn1C.Cl. The third kappa shape index (κ3) is 2.87. The van der Waals surface area contributed by atoms with Crippen LogP contribution in [0.3, 0.4) is 0 Å². The molecule has 1 saturated heterocycles. The highest BCUT2D eigenvalue weighted by Gasteiger charge is 2.27. The first-order valence-electron chi connectivity index (χ1n) is 6.66. The van der Waals surface area contributed by atoms with E-state index in [1.54, 1.807) is 0 Å². The minimum atomic E-state index is 0. The number of nitrogens with one attached hydrogen (secondary N) is 2. The maximum Gasteiger partial charge on any atom is 0.127 e. The third-order valence-electron chi connectivity index (χ3n) is 3.82. The Labute approximate surface area is 125 Å². The zero-order valence-electron chi connectivity index (χ0n) is 11.8. The minimum absolute atomic E-state index is 0. The number of hydrogen-bond acceptors (Lipinski definition) is 4. The first kappa shape index (κ1) is 15.0. The molecule has 20 heavy (non-hydrogen) atoms. The fourth-order valence-corrected chi connectivity index (χ4v) is 2.64. The average Bonchev–Trinajstić information content (AvgIpc) is 3.00. The number of halogens is 1. The number of aromatic amines is 1. The molecule has 1 unspecified atom stereocenters. The molecule has 0 aromatic carbocycles.